The Kier molecular flexibility index (Phi) is 4.74. The van der Waals surface area contributed by atoms with E-state index in [2.05, 4.69) is 10.2 Å². The molecule has 0 unspecified atom stereocenters. The van der Waals surface area contributed by atoms with Gasteiger partial charge in [0, 0.05) is 49.4 Å². The summed E-state index contributed by atoms with van der Waals surface area (Å²) in [4.78, 5) is 16.9. The molecule has 3 aliphatic heterocycles. The van der Waals surface area contributed by atoms with Gasteiger partial charge in [0.25, 0.3) is 0 Å². The second-order valence-electron chi connectivity index (χ2n) is 5.88. The fourth-order valence-corrected chi connectivity index (χ4v) is 3.51. The number of rotatable bonds is 3. The lowest BCUT2D eigenvalue weighted by Crippen LogP contribution is -2.46. The van der Waals surface area contributed by atoms with E-state index >= 15 is 0 Å². The highest BCUT2D eigenvalue weighted by molar-refractivity contribution is 6.30. The molecule has 0 atom stereocenters. The van der Waals surface area contributed by atoms with Crippen LogP contribution < -0.4 is 10.1 Å². The van der Waals surface area contributed by atoms with E-state index in [1.54, 1.807) is 13.2 Å². The number of amides is 2. The van der Waals surface area contributed by atoms with Crippen LogP contribution >= 0.6 is 11.6 Å². The molecule has 1 aromatic carbocycles. The van der Waals surface area contributed by atoms with E-state index in [0.29, 0.717) is 17.6 Å². The molecule has 120 valence electrons. The van der Waals surface area contributed by atoms with Crippen molar-refractivity contribution >= 4 is 17.6 Å². The van der Waals surface area contributed by atoms with Gasteiger partial charge in [0.15, 0.2) is 0 Å². The molecule has 0 saturated carbocycles. The summed E-state index contributed by atoms with van der Waals surface area (Å²) in [5.74, 6) is 0.743. The molecule has 3 heterocycles. The third-order valence-corrected chi connectivity index (χ3v) is 4.82. The highest BCUT2D eigenvalue weighted by Gasteiger charge is 2.31. The van der Waals surface area contributed by atoms with Crippen LogP contribution in [0, 0.1) is 0 Å². The first-order valence-electron chi connectivity index (χ1n) is 7.76. The largest absolute Gasteiger partial charge is 0.496 e. The van der Waals surface area contributed by atoms with Crippen LogP contribution in [0.2, 0.25) is 5.02 Å². The predicted octanol–water partition coefficient (Wildman–Crippen LogP) is 2.34. The van der Waals surface area contributed by atoms with Crippen molar-refractivity contribution in [2.45, 2.75) is 25.4 Å². The minimum absolute atomic E-state index is 0.00998. The number of ether oxygens (including phenoxy) is 1. The van der Waals surface area contributed by atoms with Gasteiger partial charge in [0.2, 0.25) is 0 Å². The van der Waals surface area contributed by atoms with Crippen LogP contribution in [-0.4, -0.2) is 55.2 Å². The fraction of sp³-hybridized carbons (Fsp3) is 0.562. The minimum Gasteiger partial charge on any atom is -0.496 e. The van der Waals surface area contributed by atoms with Gasteiger partial charge in [-0.1, -0.05) is 11.6 Å². The third-order valence-electron chi connectivity index (χ3n) is 4.59. The second kappa shape index (κ2) is 6.75. The Morgan fingerprint density at radius 2 is 2.09 bits per heavy atom. The van der Waals surface area contributed by atoms with Crippen molar-refractivity contribution in [3.8, 4) is 5.75 Å². The monoisotopic (exact) mass is 323 g/mol. The summed E-state index contributed by atoms with van der Waals surface area (Å²) in [6.07, 6.45) is 2.15. The number of urea groups is 1. The SMILES string of the molecule is COc1ccc(Cl)cc1CNC(=O)N1CCN2CCC1CC2. The Labute approximate surface area is 136 Å². The maximum absolute atomic E-state index is 12.5. The van der Waals surface area contributed by atoms with Gasteiger partial charge in [-0.2, -0.15) is 0 Å². The molecule has 0 radical (unpaired) electrons. The number of carbonyl (C=O) groups excluding carboxylic acids is 1. The summed E-state index contributed by atoms with van der Waals surface area (Å²) in [5, 5.41) is 3.66. The molecule has 3 saturated heterocycles. The van der Waals surface area contributed by atoms with Gasteiger partial charge in [-0.3, -0.25) is 0 Å². The number of fused-ring (bicyclic) bond motifs is 4. The van der Waals surface area contributed by atoms with Crippen LogP contribution in [0.4, 0.5) is 4.79 Å². The zero-order chi connectivity index (χ0) is 15.5. The summed E-state index contributed by atoms with van der Waals surface area (Å²) in [6.45, 7) is 4.43. The van der Waals surface area contributed by atoms with Gasteiger partial charge in [0.05, 0.1) is 7.11 Å². The van der Waals surface area contributed by atoms with E-state index < -0.39 is 0 Å². The maximum Gasteiger partial charge on any atom is 0.317 e. The molecule has 5 nitrogen and oxygen atoms in total. The van der Waals surface area contributed by atoms with Crippen LogP contribution in [0.1, 0.15) is 18.4 Å². The summed E-state index contributed by atoms with van der Waals surface area (Å²) >= 11 is 6.03. The molecule has 4 rings (SSSR count). The maximum atomic E-state index is 12.5. The number of hydrogen-bond donors (Lipinski definition) is 1. The molecular formula is C16H22ClN3O2. The average Bonchev–Trinajstić information content (AvgIpc) is 2.86. The van der Waals surface area contributed by atoms with Gasteiger partial charge in [-0.15, -0.1) is 0 Å². The Morgan fingerprint density at radius 3 is 2.82 bits per heavy atom. The Balaban J connectivity index is 1.63. The van der Waals surface area contributed by atoms with Crippen LogP contribution in [-0.2, 0) is 6.54 Å². The predicted molar refractivity (Wildman–Crippen MR) is 86.4 cm³/mol. The number of carbonyl (C=O) groups is 1. The van der Waals surface area contributed by atoms with E-state index in [1.807, 2.05) is 17.0 Å². The zero-order valence-electron chi connectivity index (χ0n) is 12.8. The van der Waals surface area contributed by atoms with Crippen molar-refractivity contribution in [3.05, 3.63) is 28.8 Å². The molecule has 2 bridgehead atoms. The van der Waals surface area contributed by atoms with Crippen molar-refractivity contribution in [1.29, 1.82) is 0 Å². The number of nitrogens with one attached hydrogen (secondary N) is 1. The standard InChI is InChI=1S/C16H22ClN3O2/c1-22-15-3-2-13(17)10-12(15)11-18-16(21)20-9-8-19-6-4-14(20)5-7-19/h2-3,10,14H,4-9,11H2,1H3,(H,18,21). The minimum atomic E-state index is 0.00998. The van der Waals surface area contributed by atoms with E-state index in [0.717, 1.165) is 50.3 Å². The van der Waals surface area contributed by atoms with Crippen LogP contribution in [0.15, 0.2) is 18.2 Å². The van der Waals surface area contributed by atoms with Gasteiger partial charge < -0.3 is 19.9 Å². The zero-order valence-corrected chi connectivity index (χ0v) is 13.6. The lowest BCUT2D eigenvalue weighted by atomic mass is 10.1. The lowest BCUT2D eigenvalue weighted by Gasteiger charge is -2.31. The Bertz CT molecular complexity index is 544. The van der Waals surface area contributed by atoms with Gasteiger partial charge in [-0.25, -0.2) is 4.79 Å². The lowest BCUT2D eigenvalue weighted by molar-refractivity contribution is 0.170. The highest BCUT2D eigenvalue weighted by atomic mass is 35.5. The van der Waals surface area contributed by atoms with Crippen LogP contribution in [0.5, 0.6) is 5.75 Å². The molecule has 0 spiro atoms. The number of hydrogen-bond acceptors (Lipinski definition) is 3. The molecular weight excluding hydrogens is 302 g/mol. The van der Waals surface area contributed by atoms with Crippen LogP contribution in [0.25, 0.3) is 0 Å². The molecule has 0 aromatic heterocycles. The number of methoxy groups -OCH3 is 1. The van der Waals surface area contributed by atoms with Crippen molar-refractivity contribution < 1.29 is 9.53 Å². The molecule has 1 N–H and O–H groups in total. The topological polar surface area (TPSA) is 44.8 Å². The number of benzene rings is 1. The summed E-state index contributed by atoms with van der Waals surface area (Å²) in [5.41, 5.74) is 0.895. The molecule has 0 aliphatic carbocycles. The first kappa shape index (κ1) is 15.4. The van der Waals surface area contributed by atoms with E-state index in [4.69, 9.17) is 16.3 Å². The summed E-state index contributed by atoms with van der Waals surface area (Å²) in [6, 6.07) is 5.83. The molecule has 2 amide bonds. The summed E-state index contributed by atoms with van der Waals surface area (Å²) in [7, 11) is 1.62. The number of halogens is 1. The van der Waals surface area contributed by atoms with Crippen LogP contribution in [0.3, 0.4) is 0 Å². The number of nitrogens with zero attached hydrogens (tertiary/aromatic N) is 2. The quantitative estimate of drug-likeness (QED) is 0.928. The van der Waals surface area contributed by atoms with Gasteiger partial charge in [-0.05, 0) is 31.0 Å². The molecule has 6 heteroatoms. The summed E-state index contributed by atoms with van der Waals surface area (Å²) < 4.78 is 5.32. The fourth-order valence-electron chi connectivity index (χ4n) is 3.31. The smallest absolute Gasteiger partial charge is 0.317 e. The third kappa shape index (κ3) is 3.31. The van der Waals surface area contributed by atoms with Gasteiger partial charge >= 0.3 is 6.03 Å². The van der Waals surface area contributed by atoms with E-state index in [1.165, 1.54) is 0 Å². The van der Waals surface area contributed by atoms with Gasteiger partial charge in [0.1, 0.15) is 5.75 Å². The Hall–Kier alpha value is -1.46. The first-order valence-corrected chi connectivity index (χ1v) is 8.14. The Morgan fingerprint density at radius 1 is 1.32 bits per heavy atom. The van der Waals surface area contributed by atoms with Crippen molar-refractivity contribution in [3.63, 3.8) is 0 Å². The van der Waals surface area contributed by atoms with Crippen molar-refractivity contribution in [2.24, 2.45) is 0 Å². The van der Waals surface area contributed by atoms with Crippen molar-refractivity contribution in [2.75, 3.05) is 33.3 Å². The van der Waals surface area contributed by atoms with Crippen molar-refractivity contribution in [1.82, 2.24) is 15.1 Å². The molecule has 22 heavy (non-hydrogen) atoms. The first-order chi connectivity index (χ1) is 10.7. The second-order valence-corrected chi connectivity index (χ2v) is 6.32. The molecule has 1 aromatic rings. The normalized spacial score (nSPS) is 24.0. The van der Waals surface area contributed by atoms with E-state index in [9.17, 15) is 4.79 Å². The number of piperidine rings is 1. The average molecular weight is 324 g/mol. The molecule has 3 fully saturated rings. The molecule has 3 aliphatic rings. The highest BCUT2D eigenvalue weighted by Crippen LogP contribution is 2.23. The van der Waals surface area contributed by atoms with E-state index in [-0.39, 0.29) is 6.03 Å².